The van der Waals surface area contributed by atoms with Gasteiger partial charge in [0, 0.05) is 34.4 Å². The van der Waals surface area contributed by atoms with Gasteiger partial charge in [0.15, 0.2) is 0 Å². The predicted octanol–water partition coefficient (Wildman–Crippen LogP) is 4.63. The molecule has 0 aliphatic heterocycles. The normalized spacial score (nSPS) is 10.2. The van der Waals surface area contributed by atoms with Crippen LogP contribution in [-0.4, -0.2) is 12.0 Å². The minimum absolute atomic E-state index is 0.0674. The Morgan fingerprint density at radius 3 is 2.76 bits per heavy atom. The van der Waals surface area contributed by atoms with Gasteiger partial charge in [0.1, 0.15) is 5.75 Å². The number of benzene rings is 2. The summed E-state index contributed by atoms with van der Waals surface area (Å²) >= 11 is 9.18. The molecular formula is C14H12BrClN2O3. The number of halogens is 2. The second-order valence-electron chi connectivity index (χ2n) is 4.23. The SMILES string of the molecule is COc1cc(NCc2ccc(Br)cc2[N+](=O)[O-])ccc1Cl. The third kappa shape index (κ3) is 3.86. The molecule has 110 valence electrons. The number of ether oxygens (including phenoxy) is 1. The van der Waals surface area contributed by atoms with E-state index in [9.17, 15) is 10.1 Å². The zero-order valence-electron chi connectivity index (χ0n) is 11.1. The molecule has 5 nitrogen and oxygen atoms in total. The van der Waals surface area contributed by atoms with E-state index >= 15 is 0 Å². The van der Waals surface area contributed by atoms with Crippen molar-refractivity contribution in [3.05, 3.63) is 61.6 Å². The molecule has 2 rings (SSSR count). The average molecular weight is 372 g/mol. The third-order valence-electron chi connectivity index (χ3n) is 2.88. The number of anilines is 1. The molecule has 7 heteroatoms. The van der Waals surface area contributed by atoms with Gasteiger partial charge in [-0.2, -0.15) is 0 Å². The van der Waals surface area contributed by atoms with Crippen LogP contribution >= 0.6 is 27.5 Å². The fraction of sp³-hybridized carbons (Fsp3) is 0.143. The van der Waals surface area contributed by atoms with E-state index in [1.54, 1.807) is 30.3 Å². The van der Waals surface area contributed by atoms with Gasteiger partial charge in [-0.15, -0.1) is 0 Å². The summed E-state index contributed by atoms with van der Waals surface area (Å²) in [5.41, 5.74) is 1.43. The molecule has 0 bridgehead atoms. The van der Waals surface area contributed by atoms with Crippen molar-refractivity contribution < 1.29 is 9.66 Å². The van der Waals surface area contributed by atoms with Gasteiger partial charge in [0.05, 0.1) is 17.1 Å². The van der Waals surface area contributed by atoms with E-state index in [0.29, 0.717) is 27.4 Å². The van der Waals surface area contributed by atoms with Gasteiger partial charge in [-0.3, -0.25) is 10.1 Å². The van der Waals surface area contributed by atoms with E-state index in [-0.39, 0.29) is 5.69 Å². The Morgan fingerprint density at radius 1 is 1.33 bits per heavy atom. The highest BCUT2D eigenvalue weighted by Gasteiger charge is 2.14. The maximum Gasteiger partial charge on any atom is 0.275 e. The summed E-state index contributed by atoms with van der Waals surface area (Å²) in [5, 5.41) is 14.7. The van der Waals surface area contributed by atoms with Gasteiger partial charge in [-0.05, 0) is 24.3 Å². The molecule has 0 atom stereocenters. The number of hydrogen-bond donors (Lipinski definition) is 1. The summed E-state index contributed by atoms with van der Waals surface area (Å²) < 4.78 is 5.80. The Hall–Kier alpha value is -1.79. The number of rotatable bonds is 5. The first-order valence-electron chi connectivity index (χ1n) is 6.01. The largest absolute Gasteiger partial charge is 0.495 e. The molecule has 0 saturated heterocycles. The van der Waals surface area contributed by atoms with Crippen LogP contribution in [-0.2, 0) is 6.54 Å². The predicted molar refractivity (Wildman–Crippen MR) is 86.1 cm³/mol. The van der Waals surface area contributed by atoms with Gasteiger partial charge in [-0.25, -0.2) is 0 Å². The smallest absolute Gasteiger partial charge is 0.275 e. The number of nitrogens with one attached hydrogen (secondary N) is 1. The molecule has 0 unspecified atom stereocenters. The lowest BCUT2D eigenvalue weighted by Gasteiger charge is -2.10. The first-order chi connectivity index (χ1) is 10.0. The number of nitro groups is 1. The second kappa shape index (κ2) is 6.78. The Morgan fingerprint density at radius 2 is 2.10 bits per heavy atom. The summed E-state index contributed by atoms with van der Waals surface area (Å²) in [5.74, 6) is 0.548. The number of nitrogens with zero attached hydrogens (tertiary/aromatic N) is 1. The summed E-state index contributed by atoms with van der Waals surface area (Å²) in [6.45, 7) is 0.328. The molecule has 0 aliphatic carbocycles. The van der Waals surface area contributed by atoms with Crippen LogP contribution in [0.2, 0.25) is 5.02 Å². The van der Waals surface area contributed by atoms with Gasteiger partial charge >= 0.3 is 0 Å². The lowest BCUT2D eigenvalue weighted by molar-refractivity contribution is -0.385. The molecule has 0 radical (unpaired) electrons. The topological polar surface area (TPSA) is 64.4 Å². The van der Waals surface area contributed by atoms with Crippen molar-refractivity contribution in [3.63, 3.8) is 0 Å². The maximum atomic E-state index is 11.0. The molecule has 0 fully saturated rings. The third-order valence-corrected chi connectivity index (χ3v) is 3.68. The van der Waals surface area contributed by atoms with Gasteiger partial charge in [-0.1, -0.05) is 27.5 Å². The first kappa shape index (κ1) is 15.6. The lowest BCUT2D eigenvalue weighted by Crippen LogP contribution is -2.03. The zero-order chi connectivity index (χ0) is 15.4. The molecular weight excluding hydrogens is 360 g/mol. The van der Waals surface area contributed by atoms with Crippen molar-refractivity contribution in [2.75, 3.05) is 12.4 Å². The number of methoxy groups -OCH3 is 1. The van der Waals surface area contributed by atoms with Crippen LogP contribution in [0.25, 0.3) is 0 Å². The fourth-order valence-electron chi connectivity index (χ4n) is 1.82. The molecule has 2 aromatic carbocycles. The van der Waals surface area contributed by atoms with E-state index < -0.39 is 4.92 Å². The summed E-state index contributed by atoms with van der Waals surface area (Å²) in [7, 11) is 1.53. The van der Waals surface area contributed by atoms with E-state index in [1.807, 2.05) is 0 Å². The maximum absolute atomic E-state index is 11.0. The van der Waals surface area contributed by atoms with Crippen LogP contribution in [0.15, 0.2) is 40.9 Å². The standard InChI is InChI=1S/C14H12BrClN2O3/c1-21-14-7-11(4-5-12(14)16)17-8-9-2-3-10(15)6-13(9)18(19)20/h2-7,17H,8H2,1H3. The monoisotopic (exact) mass is 370 g/mol. The van der Waals surface area contributed by atoms with E-state index in [1.165, 1.54) is 13.2 Å². The van der Waals surface area contributed by atoms with Gasteiger partial charge in [0.2, 0.25) is 0 Å². The highest BCUT2D eigenvalue weighted by molar-refractivity contribution is 9.10. The van der Waals surface area contributed by atoms with Crippen LogP contribution in [0.5, 0.6) is 5.75 Å². The van der Waals surface area contributed by atoms with Crippen molar-refractivity contribution in [2.24, 2.45) is 0 Å². The molecule has 0 aliphatic rings. The average Bonchev–Trinajstić information content (AvgIpc) is 2.47. The Labute approximate surface area is 135 Å². The van der Waals surface area contributed by atoms with E-state index in [0.717, 1.165) is 5.69 Å². The minimum atomic E-state index is -0.399. The molecule has 0 amide bonds. The highest BCUT2D eigenvalue weighted by atomic mass is 79.9. The molecule has 21 heavy (non-hydrogen) atoms. The van der Waals surface area contributed by atoms with Gasteiger partial charge < -0.3 is 10.1 Å². The molecule has 0 spiro atoms. The first-order valence-corrected chi connectivity index (χ1v) is 7.18. The zero-order valence-corrected chi connectivity index (χ0v) is 13.4. The van der Waals surface area contributed by atoms with Crippen molar-refractivity contribution in [2.45, 2.75) is 6.54 Å². The highest BCUT2D eigenvalue weighted by Crippen LogP contribution is 2.29. The summed E-state index contributed by atoms with van der Waals surface area (Å²) in [6.07, 6.45) is 0. The van der Waals surface area contributed by atoms with Crippen molar-refractivity contribution in [1.29, 1.82) is 0 Å². The van der Waals surface area contributed by atoms with Gasteiger partial charge in [0.25, 0.3) is 5.69 Å². The van der Waals surface area contributed by atoms with Crippen LogP contribution in [0, 0.1) is 10.1 Å². The molecule has 0 heterocycles. The van der Waals surface area contributed by atoms with Crippen molar-refractivity contribution >= 4 is 38.9 Å². The Balaban J connectivity index is 2.18. The molecule has 1 N–H and O–H groups in total. The van der Waals surface area contributed by atoms with Crippen LogP contribution in [0.3, 0.4) is 0 Å². The summed E-state index contributed by atoms with van der Waals surface area (Å²) in [4.78, 5) is 10.7. The second-order valence-corrected chi connectivity index (χ2v) is 5.56. The van der Waals surface area contributed by atoms with Crippen molar-refractivity contribution in [3.8, 4) is 5.75 Å². The quantitative estimate of drug-likeness (QED) is 0.614. The van der Waals surface area contributed by atoms with Crippen LogP contribution in [0.1, 0.15) is 5.56 Å². The van der Waals surface area contributed by atoms with Crippen LogP contribution in [0.4, 0.5) is 11.4 Å². The van der Waals surface area contributed by atoms with E-state index in [4.69, 9.17) is 16.3 Å². The van der Waals surface area contributed by atoms with Crippen LogP contribution < -0.4 is 10.1 Å². The van der Waals surface area contributed by atoms with Crippen molar-refractivity contribution in [1.82, 2.24) is 0 Å². The molecule has 0 aromatic heterocycles. The minimum Gasteiger partial charge on any atom is -0.495 e. The number of hydrogen-bond acceptors (Lipinski definition) is 4. The molecule has 2 aromatic rings. The van der Waals surface area contributed by atoms with E-state index in [2.05, 4.69) is 21.2 Å². The Bertz CT molecular complexity index is 679. The lowest BCUT2D eigenvalue weighted by atomic mass is 10.1. The molecule has 0 saturated carbocycles. The Kier molecular flexibility index (Phi) is 5.03. The fourth-order valence-corrected chi connectivity index (χ4v) is 2.37. The number of nitro benzene ring substituents is 1. The summed E-state index contributed by atoms with van der Waals surface area (Å²) in [6, 6.07) is 10.2.